The maximum Gasteiger partial charge on any atom is 0.150 e. The molecule has 0 aliphatic heterocycles. The highest BCUT2D eigenvalue weighted by Crippen LogP contribution is 2.19. The Kier molecular flexibility index (Phi) is 2.69. The Balaban J connectivity index is 2.94. The predicted molar refractivity (Wildman–Crippen MR) is 46.8 cm³/mol. The van der Waals surface area contributed by atoms with Crippen LogP contribution in [-0.4, -0.2) is 7.11 Å². The summed E-state index contributed by atoms with van der Waals surface area (Å²) in [6.07, 6.45) is 1.42. The summed E-state index contributed by atoms with van der Waals surface area (Å²) in [5, 5.41) is 2.66. The first-order chi connectivity index (χ1) is 5.77. The highest BCUT2D eigenvalue weighted by molar-refractivity contribution is 5.49. The van der Waals surface area contributed by atoms with Crippen LogP contribution < -0.4 is 10.1 Å². The van der Waals surface area contributed by atoms with Gasteiger partial charge in [0.05, 0.1) is 12.8 Å². The van der Waals surface area contributed by atoms with Crippen LogP contribution in [0.1, 0.15) is 0 Å². The summed E-state index contributed by atoms with van der Waals surface area (Å²) in [6.45, 7) is 3.43. The Hall–Kier alpha value is -1.51. The molecule has 0 unspecified atom stereocenters. The molecule has 1 N–H and O–H groups in total. The lowest BCUT2D eigenvalue weighted by Gasteiger charge is -2.04. The molecule has 0 atom stereocenters. The second-order valence-electron chi connectivity index (χ2n) is 2.19. The third-order valence-electron chi connectivity index (χ3n) is 1.43. The molecule has 0 amide bonds. The van der Waals surface area contributed by atoms with E-state index in [4.69, 9.17) is 4.74 Å². The molecule has 1 aromatic rings. The van der Waals surface area contributed by atoms with Crippen molar-refractivity contribution in [3.05, 3.63) is 36.8 Å². The molecular formula is C9H10FNO. The molecule has 0 saturated heterocycles. The molecule has 0 aliphatic carbocycles. The molecule has 0 aromatic heterocycles. The summed E-state index contributed by atoms with van der Waals surface area (Å²) in [7, 11) is 1.50. The molecule has 3 heteroatoms. The number of nitrogens with one attached hydrogen (secondary N) is 1. The number of benzene rings is 1. The summed E-state index contributed by atoms with van der Waals surface area (Å²) >= 11 is 0. The Morgan fingerprint density at radius 1 is 1.58 bits per heavy atom. The molecule has 1 rings (SSSR count). The maximum absolute atomic E-state index is 13.0. The molecule has 0 fully saturated rings. The van der Waals surface area contributed by atoms with E-state index in [1.807, 2.05) is 0 Å². The number of hydrogen-bond donors (Lipinski definition) is 1. The van der Waals surface area contributed by atoms with E-state index in [1.54, 1.807) is 12.1 Å². The van der Waals surface area contributed by atoms with Gasteiger partial charge in [-0.2, -0.15) is 0 Å². The van der Waals surface area contributed by atoms with Crippen LogP contribution in [0.2, 0.25) is 0 Å². The lowest BCUT2D eigenvalue weighted by molar-refractivity contribution is 0.411. The first kappa shape index (κ1) is 8.59. The van der Waals surface area contributed by atoms with Gasteiger partial charge in [0.15, 0.2) is 0 Å². The van der Waals surface area contributed by atoms with Crippen LogP contribution in [0.25, 0.3) is 0 Å². The number of ether oxygens (including phenoxy) is 1. The maximum atomic E-state index is 13.0. The molecule has 0 radical (unpaired) electrons. The van der Waals surface area contributed by atoms with Gasteiger partial charge in [-0.1, -0.05) is 6.58 Å². The number of halogens is 1. The third kappa shape index (κ3) is 1.75. The first-order valence-electron chi connectivity index (χ1n) is 3.49. The molecule has 0 aliphatic rings. The Bertz CT molecular complexity index is 286. The minimum atomic E-state index is -0.353. The van der Waals surface area contributed by atoms with Crippen molar-refractivity contribution in [1.29, 1.82) is 0 Å². The van der Waals surface area contributed by atoms with Crippen LogP contribution in [0.4, 0.5) is 10.1 Å². The average molecular weight is 167 g/mol. The van der Waals surface area contributed by atoms with Crippen molar-refractivity contribution in [2.24, 2.45) is 0 Å². The van der Waals surface area contributed by atoms with Crippen LogP contribution >= 0.6 is 0 Å². The van der Waals surface area contributed by atoms with Gasteiger partial charge in [-0.25, -0.2) is 4.39 Å². The highest BCUT2D eigenvalue weighted by atomic mass is 19.1. The fraction of sp³-hybridized carbons (Fsp3) is 0.111. The fourth-order valence-electron chi connectivity index (χ4n) is 0.850. The zero-order chi connectivity index (χ0) is 8.97. The molecular weight excluding hydrogens is 157 g/mol. The van der Waals surface area contributed by atoms with Gasteiger partial charge in [0.2, 0.25) is 0 Å². The van der Waals surface area contributed by atoms with Crippen molar-refractivity contribution in [3.63, 3.8) is 0 Å². The quantitative estimate of drug-likeness (QED) is 0.746. The van der Waals surface area contributed by atoms with Crippen molar-refractivity contribution in [3.8, 4) is 5.75 Å². The Labute approximate surface area is 70.7 Å². The van der Waals surface area contributed by atoms with E-state index in [9.17, 15) is 4.39 Å². The zero-order valence-corrected chi connectivity index (χ0v) is 6.80. The minimum Gasteiger partial charge on any atom is -0.497 e. The van der Waals surface area contributed by atoms with E-state index in [0.717, 1.165) is 0 Å². The van der Waals surface area contributed by atoms with Gasteiger partial charge >= 0.3 is 0 Å². The van der Waals surface area contributed by atoms with E-state index in [2.05, 4.69) is 11.9 Å². The van der Waals surface area contributed by atoms with Crippen molar-refractivity contribution >= 4 is 5.69 Å². The smallest absolute Gasteiger partial charge is 0.150 e. The van der Waals surface area contributed by atoms with Gasteiger partial charge in [0, 0.05) is 6.07 Å². The monoisotopic (exact) mass is 167 g/mol. The Morgan fingerprint density at radius 3 is 2.83 bits per heavy atom. The molecule has 1 aromatic carbocycles. The van der Waals surface area contributed by atoms with Crippen LogP contribution in [0.3, 0.4) is 0 Å². The van der Waals surface area contributed by atoms with E-state index >= 15 is 0 Å². The second-order valence-corrected chi connectivity index (χ2v) is 2.19. The van der Waals surface area contributed by atoms with Crippen LogP contribution in [-0.2, 0) is 0 Å². The van der Waals surface area contributed by atoms with Gasteiger partial charge < -0.3 is 10.1 Å². The number of hydrogen-bond acceptors (Lipinski definition) is 2. The topological polar surface area (TPSA) is 21.3 Å². The van der Waals surface area contributed by atoms with Crippen LogP contribution in [0.15, 0.2) is 31.0 Å². The summed E-state index contributed by atoms with van der Waals surface area (Å²) < 4.78 is 17.9. The summed E-state index contributed by atoms with van der Waals surface area (Å²) in [4.78, 5) is 0. The van der Waals surface area contributed by atoms with Gasteiger partial charge in [-0.3, -0.25) is 0 Å². The van der Waals surface area contributed by atoms with E-state index < -0.39 is 0 Å². The van der Waals surface area contributed by atoms with Crippen molar-refractivity contribution in [2.45, 2.75) is 0 Å². The van der Waals surface area contributed by atoms with Crippen LogP contribution in [0.5, 0.6) is 5.75 Å². The summed E-state index contributed by atoms with van der Waals surface area (Å²) in [5.74, 6) is 0.149. The Morgan fingerprint density at radius 2 is 2.33 bits per heavy atom. The molecule has 0 spiro atoms. The SMILES string of the molecule is C=CNc1ccc(OC)cc1F. The van der Waals surface area contributed by atoms with Crippen LogP contribution in [0, 0.1) is 5.82 Å². The van der Waals surface area contributed by atoms with Gasteiger partial charge in [-0.15, -0.1) is 0 Å². The van der Waals surface area contributed by atoms with Crippen molar-refractivity contribution in [1.82, 2.24) is 0 Å². The summed E-state index contributed by atoms with van der Waals surface area (Å²) in [5.41, 5.74) is 0.394. The molecule has 2 nitrogen and oxygen atoms in total. The summed E-state index contributed by atoms with van der Waals surface area (Å²) in [6, 6.07) is 4.58. The van der Waals surface area contributed by atoms with Crippen molar-refractivity contribution in [2.75, 3.05) is 12.4 Å². The number of rotatable bonds is 3. The largest absolute Gasteiger partial charge is 0.497 e. The number of methoxy groups -OCH3 is 1. The molecule has 0 heterocycles. The van der Waals surface area contributed by atoms with Crippen molar-refractivity contribution < 1.29 is 9.13 Å². The standard InChI is InChI=1S/C9H10FNO/c1-3-11-9-5-4-7(12-2)6-8(9)10/h3-6,11H,1H2,2H3. The van der Waals surface area contributed by atoms with E-state index in [1.165, 1.54) is 19.4 Å². The fourth-order valence-corrected chi connectivity index (χ4v) is 0.850. The van der Waals surface area contributed by atoms with Gasteiger partial charge in [0.1, 0.15) is 11.6 Å². The molecule has 64 valence electrons. The second kappa shape index (κ2) is 3.76. The average Bonchev–Trinajstić information content (AvgIpc) is 2.09. The normalized spacial score (nSPS) is 9.17. The lowest BCUT2D eigenvalue weighted by Crippen LogP contribution is -1.91. The highest BCUT2D eigenvalue weighted by Gasteiger charge is 2.00. The van der Waals surface area contributed by atoms with E-state index in [-0.39, 0.29) is 5.82 Å². The number of anilines is 1. The third-order valence-corrected chi connectivity index (χ3v) is 1.43. The van der Waals surface area contributed by atoms with Gasteiger partial charge in [0.25, 0.3) is 0 Å². The first-order valence-corrected chi connectivity index (χ1v) is 3.49. The molecule has 12 heavy (non-hydrogen) atoms. The molecule has 0 bridgehead atoms. The minimum absolute atomic E-state index is 0.353. The van der Waals surface area contributed by atoms with E-state index in [0.29, 0.717) is 11.4 Å². The predicted octanol–water partition coefficient (Wildman–Crippen LogP) is 2.39. The lowest BCUT2D eigenvalue weighted by atomic mass is 10.3. The zero-order valence-electron chi connectivity index (χ0n) is 6.80. The van der Waals surface area contributed by atoms with Gasteiger partial charge in [-0.05, 0) is 18.3 Å². The molecule has 0 saturated carbocycles.